The topological polar surface area (TPSA) is 14.1 Å². The zero-order valence-electron chi connectivity index (χ0n) is 5.68. The zero-order chi connectivity index (χ0) is 3.54. The Labute approximate surface area is 64.0 Å². The van der Waals surface area contributed by atoms with Gasteiger partial charge in [0.1, 0.15) is 0 Å². The van der Waals surface area contributed by atoms with Crippen molar-refractivity contribution in [3.8, 4) is 0 Å². The second-order valence-corrected chi connectivity index (χ2v) is 1.38. The summed E-state index contributed by atoms with van der Waals surface area (Å²) in [5.74, 6) is 0. The van der Waals surface area contributed by atoms with E-state index in [0.717, 1.165) is 13.1 Å². The Morgan fingerprint density at radius 2 is 1.25 bits per heavy atom. The number of hydrogen-bond acceptors (Lipinski definition) is 0. The Bertz CT molecular complexity index is 20.1. The van der Waals surface area contributed by atoms with E-state index in [-0.39, 0.29) is 32.2 Å². The molecule has 0 aromatic rings. The van der Waals surface area contributed by atoms with E-state index in [1.54, 1.807) is 0 Å². The molecule has 1 fully saturated rings. The molecule has 1 aliphatic heterocycles. The van der Waals surface area contributed by atoms with Crippen LogP contribution in [0.15, 0.2) is 0 Å². The summed E-state index contributed by atoms with van der Waals surface area (Å²) in [6, 6.07) is 0. The Morgan fingerprint density at radius 3 is 1.38 bits per heavy atom. The molecule has 0 unspecified atom stereocenters. The van der Waals surface area contributed by atoms with Crippen molar-refractivity contribution < 1.29 is 17.4 Å². The fourth-order valence-corrected chi connectivity index (χ4v) is 0.559. The minimum Gasteiger partial charge on any atom is -0.662 e. The van der Waals surface area contributed by atoms with Crippen molar-refractivity contribution in [1.82, 2.24) is 0 Å². The molecule has 0 amide bonds. The van der Waals surface area contributed by atoms with Gasteiger partial charge in [-0.25, -0.2) is 0 Å². The Hall–Kier alpha value is 0.492. The molecule has 1 radical (unpaired) electrons. The second-order valence-electron chi connectivity index (χ2n) is 1.38. The van der Waals surface area contributed by atoms with Crippen molar-refractivity contribution in [3.05, 3.63) is 20.2 Å². The molecule has 0 N–H and O–H groups in total. The van der Waals surface area contributed by atoms with Crippen molar-refractivity contribution in [2.24, 2.45) is 0 Å². The summed E-state index contributed by atoms with van der Waals surface area (Å²) in [6.07, 6.45) is 2.67. The van der Waals surface area contributed by atoms with E-state index in [1.807, 2.05) is 0 Å². The molecule has 1 saturated heterocycles. The average Bonchev–Trinajstić information content (AvgIpc) is 1.76. The van der Waals surface area contributed by atoms with Gasteiger partial charge in [-0.15, -0.1) is 13.1 Å². The molecule has 8 heavy (non-hydrogen) atoms. The molecular weight excluding hydrogens is 138 g/mol. The maximum Gasteiger partial charge on any atom is 3.00 e. The third-order valence-electron chi connectivity index (χ3n) is 0.882. The maximum atomic E-state index is 4.08. The minimum absolute atomic E-state index is 0. The third kappa shape index (κ3) is 6.49. The van der Waals surface area contributed by atoms with Crippen LogP contribution in [0.4, 0.5) is 0 Å². The van der Waals surface area contributed by atoms with Gasteiger partial charge in [0.15, 0.2) is 0 Å². The van der Waals surface area contributed by atoms with E-state index < -0.39 is 0 Å². The molecule has 49 valence electrons. The standard InChI is InChI=1S/C4H8N.2CH3.Cr/c1-2-4-5-3-1;;;/h1-4H2;2*1H3;/q3*-1;+3. The van der Waals surface area contributed by atoms with E-state index in [9.17, 15) is 0 Å². The Balaban J connectivity index is -0.0000000833. The van der Waals surface area contributed by atoms with Crippen molar-refractivity contribution in [2.75, 3.05) is 13.1 Å². The van der Waals surface area contributed by atoms with Gasteiger partial charge in [-0.3, -0.25) is 0 Å². The van der Waals surface area contributed by atoms with Gasteiger partial charge >= 0.3 is 17.4 Å². The van der Waals surface area contributed by atoms with E-state index >= 15 is 0 Å². The van der Waals surface area contributed by atoms with Crippen molar-refractivity contribution in [3.63, 3.8) is 0 Å². The van der Waals surface area contributed by atoms with Crippen LogP contribution in [0.2, 0.25) is 0 Å². The number of rotatable bonds is 0. The molecule has 1 nitrogen and oxygen atoms in total. The molecule has 1 rings (SSSR count). The maximum absolute atomic E-state index is 4.08. The van der Waals surface area contributed by atoms with Gasteiger partial charge < -0.3 is 20.2 Å². The van der Waals surface area contributed by atoms with Crippen LogP contribution in [0, 0.1) is 14.9 Å². The molecule has 0 aromatic carbocycles. The Morgan fingerprint density at radius 1 is 0.875 bits per heavy atom. The van der Waals surface area contributed by atoms with Gasteiger partial charge in [-0.2, -0.15) is 0 Å². The molecule has 0 aromatic heterocycles. The van der Waals surface area contributed by atoms with Crippen LogP contribution < -0.4 is 0 Å². The summed E-state index contributed by atoms with van der Waals surface area (Å²) in [4.78, 5) is 0. The van der Waals surface area contributed by atoms with E-state index in [0.29, 0.717) is 0 Å². The zero-order valence-corrected chi connectivity index (χ0v) is 6.96. The van der Waals surface area contributed by atoms with Crippen LogP contribution in [0.1, 0.15) is 12.8 Å². The van der Waals surface area contributed by atoms with E-state index in [2.05, 4.69) is 5.32 Å². The summed E-state index contributed by atoms with van der Waals surface area (Å²) in [7, 11) is 0. The summed E-state index contributed by atoms with van der Waals surface area (Å²) < 4.78 is 0. The smallest absolute Gasteiger partial charge is 0.662 e. The van der Waals surface area contributed by atoms with Gasteiger partial charge in [-0.05, 0) is 0 Å². The third-order valence-corrected chi connectivity index (χ3v) is 0.882. The predicted molar refractivity (Wildman–Crippen MR) is 35.2 cm³/mol. The van der Waals surface area contributed by atoms with Crippen molar-refractivity contribution in [1.29, 1.82) is 0 Å². The molecule has 0 aliphatic carbocycles. The largest absolute Gasteiger partial charge is 3.00 e. The van der Waals surface area contributed by atoms with Crippen LogP contribution >= 0.6 is 0 Å². The normalized spacial score (nSPS) is 15.0. The quantitative estimate of drug-likeness (QED) is 0.472. The first-order valence-electron chi connectivity index (χ1n) is 2.13. The summed E-state index contributed by atoms with van der Waals surface area (Å²) in [6.45, 7) is 2.25. The first-order valence-corrected chi connectivity index (χ1v) is 2.13. The summed E-state index contributed by atoms with van der Waals surface area (Å²) in [5, 5.41) is 4.08. The van der Waals surface area contributed by atoms with Gasteiger partial charge in [0.2, 0.25) is 0 Å². The van der Waals surface area contributed by atoms with Gasteiger partial charge in [0, 0.05) is 0 Å². The summed E-state index contributed by atoms with van der Waals surface area (Å²) >= 11 is 0. The predicted octanol–water partition coefficient (Wildman–Crippen LogP) is 2.05. The fraction of sp³-hybridized carbons (Fsp3) is 0.667. The van der Waals surface area contributed by atoms with Crippen LogP contribution in [0.25, 0.3) is 5.32 Å². The molecule has 0 spiro atoms. The SMILES string of the molecule is C1CC[N-]C1.[CH3-].[CH3-].[Cr+3]. The second kappa shape index (κ2) is 10.5. The molecule has 0 saturated carbocycles. The molecule has 0 atom stereocenters. The van der Waals surface area contributed by atoms with Gasteiger partial charge in [-0.1, -0.05) is 12.8 Å². The summed E-state index contributed by atoms with van der Waals surface area (Å²) in [5.41, 5.74) is 0. The first kappa shape index (κ1) is 15.8. The van der Waals surface area contributed by atoms with Crippen LogP contribution in [-0.4, -0.2) is 13.1 Å². The van der Waals surface area contributed by atoms with Gasteiger partial charge in [0.25, 0.3) is 0 Å². The van der Waals surface area contributed by atoms with Gasteiger partial charge in [0.05, 0.1) is 0 Å². The van der Waals surface area contributed by atoms with Crippen LogP contribution in [0.3, 0.4) is 0 Å². The molecule has 2 heteroatoms. The molecule has 1 aliphatic rings. The first-order chi connectivity index (χ1) is 2.50. The van der Waals surface area contributed by atoms with Crippen LogP contribution in [0.5, 0.6) is 0 Å². The van der Waals surface area contributed by atoms with E-state index in [1.165, 1.54) is 12.8 Å². The number of nitrogens with zero attached hydrogens (tertiary/aromatic N) is 1. The van der Waals surface area contributed by atoms with Crippen LogP contribution in [-0.2, 0) is 17.4 Å². The fourth-order valence-electron chi connectivity index (χ4n) is 0.559. The Kier molecular flexibility index (Phi) is 20.7. The minimum atomic E-state index is 0. The average molecular weight is 152 g/mol. The van der Waals surface area contributed by atoms with Crippen molar-refractivity contribution >= 4 is 0 Å². The molecule has 1 heterocycles. The van der Waals surface area contributed by atoms with E-state index in [4.69, 9.17) is 0 Å². The molecular formula is C6H14CrN. The molecule has 0 bridgehead atoms. The monoisotopic (exact) mass is 152 g/mol. The van der Waals surface area contributed by atoms with Crippen molar-refractivity contribution in [2.45, 2.75) is 12.8 Å². The number of hydrogen-bond donors (Lipinski definition) is 0.